The fourth-order valence-electron chi connectivity index (χ4n) is 2.22. The molecule has 0 aromatic carbocycles. The maximum Gasteiger partial charge on any atom is 0.111 e. The summed E-state index contributed by atoms with van der Waals surface area (Å²) >= 11 is 0. The van der Waals surface area contributed by atoms with Gasteiger partial charge < -0.3 is 4.57 Å². The normalized spacial score (nSPS) is 28.6. The number of hydrogen-bond donors (Lipinski definition) is 0. The third-order valence-electron chi connectivity index (χ3n) is 2.63. The summed E-state index contributed by atoms with van der Waals surface area (Å²) in [5.41, 5.74) is 1.16. The Morgan fingerprint density at radius 2 is 2.25 bits per heavy atom. The lowest BCUT2D eigenvalue weighted by Gasteiger charge is -2.25. The SMILES string of the molecule is Cc1cn2c(n1)C(C)CC(C)C2. The summed E-state index contributed by atoms with van der Waals surface area (Å²) in [4.78, 5) is 4.53. The van der Waals surface area contributed by atoms with Crippen LogP contribution in [0.4, 0.5) is 0 Å². The lowest BCUT2D eigenvalue weighted by atomic mass is 9.93. The Morgan fingerprint density at radius 1 is 1.50 bits per heavy atom. The van der Waals surface area contributed by atoms with Crippen LogP contribution in [-0.4, -0.2) is 9.55 Å². The van der Waals surface area contributed by atoms with Gasteiger partial charge in [-0.05, 0) is 19.3 Å². The van der Waals surface area contributed by atoms with Gasteiger partial charge in [0.05, 0.1) is 5.69 Å². The molecule has 1 aliphatic heterocycles. The molecule has 2 heteroatoms. The average Bonchev–Trinajstić information content (AvgIpc) is 2.29. The van der Waals surface area contributed by atoms with E-state index in [1.165, 1.54) is 12.2 Å². The summed E-state index contributed by atoms with van der Waals surface area (Å²) in [6.45, 7) is 7.81. The molecule has 1 aromatic rings. The molecule has 2 unspecified atom stereocenters. The van der Waals surface area contributed by atoms with Crippen LogP contribution < -0.4 is 0 Å². The molecule has 66 valence electrons. The van der Waals surface area contributed by atoms with Crippen LogP contribution in [0.2, 0.25) is 0 Å². The van der Waals surface area contributed by atoms with Gasteiger partial charge in [-0.3, -0.25) is 0 Å². The van der Waals surface area contributed by atoms with Crippen LogP contribution in [0.5, 0.6) is 0 Å². The van der Waals surface area contributed by atoms with E-state index < -0.39 is 0 Å². The van der Waals surface area contributed by atoms with E-state index in [-0.39, 0.29) is 0 Å². The Labute approximate surface area is 73.6 Å². The molecule has 2 rings (SSSR count). The number of fused-ring (bicyclic) bond motifs is 1. The molecule has 0 saturated heterocycles. The van der Waals surface area contributed by atoms with Crippen molar-refractivity contribution in [2.24, 2.45) is 5.92 Å². The minimum Gasteiger partial charge on any atom is -0.334 e. The Hall–Kier alpha value is -0.790. The molecule has 0 amide bonds. The summed E-state index contributed by atoms with van der Waals surface area (Å²) in [7, 11) is 0. The zero-order valence-corrected chi connectivity index (χ0v) is 8.04. The third kappa shape index (κ3) is 1.15. The first-order chi connectivity index (χ1) is 5.66. The molecule has 0 fully saturated rings. The second-order valence-electron chi connectivity index (χ2n) is 4.13. The van der Waals surface area contributed by atoms with Crippen molar-refractivity contribution in [1.82, 2.24) is 9.55 Å². The molecule has 2 nitrogen and oxygen atoms in total. The van der Waals surface area contributed by atoms with E-state index in [0.717, 1.165) is 18.2 Å². The first-order valence-corrected chi connectivity index (χ1v) is 4.70. The summed E-state index contributed by atoms with van der Waals surface area (Å²) in [6.07, 6.45) is 3.46. The van der Waals surface area contributed by atoms with Gasteiger partial charge in [0.1, 0.15) is 5.82 Å². The van der Waals surface area contributed by atoms with Crippen molar-refractivity contribution in [3.05, 3.63) is 17.7 Å². The molecule has 0 saturated carbocycles. The first-order valence-electron chi connectivity index (χ1n) is 4.70. The van der Waals surface area contributed by atoms with E-state index in [1.807, 2.05) is 0 Å². The molecule has 1 aliphatic rings. The van der Waals surface area contributed by atoms with Gasteiger partial charge in [-0.25, -0.2) is 4.98 Å². The Bertz CT molecular complexity index is 288. The van der Waals surface area contributed by atoms with Crippen LogP contribution in [0.25, 0.3) is 0 Å². The number of hydrogen-bond acceptors (Lipinski definition) is 1. The van der Waals surface area contributed by atoms with E-state index in [0.29, 0.717) is 5.92 Å². The third-order valence-corrected chi connectivity index (χ3v) is 2.63. The predicted molar refractivity (Wildman–Crippen MR) is 49.2 cm³/mol. The van der Waals surface area contributed by atoms with E-state index in [1.54, 1.807) is 0 Å². The maximum absolute atomic E-state index is 4.53. The van der Waals surface area contributed by atoms with Gasteiger partial charge in [0.15, 0.2) is 0 Å². The number of aryl methyl sites for hydroxylation is 1. The number of nitrogens with zero attached hydrogens (tertiary/aromatic N) is 2. The minimum absolute atomic E-state index is 0.641. The van der Waals surface area contributed by atoms with Gasteiger partial charge in [-0.15, -0.1) is 0 Å². The topological polar surface area (TPSA) is 17.8 Å². The van der Waals surface area contributed by atoms with E-state index in [4.69, 9.17) is 0 Å². The van der Waals surface area contributed by atoms with Crippen LogP contribution in [-0.2, 0) is 6.54 Å². The van der Waals surface area contributed by atoms with Crippen molar-refractivity contribution < 1.29 is 0 Å². The summed E-state index contributed by atoms with van der Waals surface area (Å²) in [5.74, 6) is 2.73. The van der Waals surface area contributed by atoms with E-state index in [9.17, 15) is 0 Å². The Morgan fingerprint density at radius 3 is 3.00 bits per heavy atom. The highest BCUT2D eigenvalue weighted by Gasteiger charge is 2.22. The second-order valence-corrected chi connectivity index (χ2v) is 4.13. The molecule has 2 atom stereocenters. The molecule has 1 aromatic heterocycles. The highest BCUT2D eigenvalue weighted by Crippen LogP contribution is 2.29. The smallest absolute Gasteiger partial charge is 0.111 e. The summed E-state index contributed by atoms with van der Waals surface area (Å²) in [6, 6.07) is 0. The van der Waals surface area contributed by atoms with Gasteiger partial charge in [0.2, 0.25) is 0 Å². The molecule has 2 heterocycles. The summed E-state index contributed by atoms with van der Waals surface area (Å²) in [5, 5.41) is 0. The second kappa shape index (κ2) is 2.61. The van der Waals surface area contributed by atoms with Crippen LogP contribution in [0, 0.1) is 12.8 Å². The van der Waals surface area contributed by atoms with Crippen LogP contribution >= 0.6 is 0 Å². The molecule has 0 spiro atoms. The quantitative estimate of drug-likeness (QED) is 0.575. The lowest BCUT2D eigenvalue weighted by molar-refractivity contribution is 0.354. The van der Waals surface area contributed by atoms with Crippen molar-refractivity contribution in [3.8, 4) is 0 Å². The fourth-order valence-corrected chi connectivity index (χ4v) is 2.22. The molecule has 0 bridgehead atoms. The van der Waals surface area contributed by atoms with Crippen LogP contribution in [0.1, 0.15) is 37.7 Å². The first kappa shape index (κ1) is 7.84. The van der Waals surface area contributed by atoms with Gasteiger partial charge in [-0.1, -0.05) is 13.8 Å². The van der Waals surface area contributed by atoms with Crippen molar-refractivity contribution in [2.45, 2.75) is 39.7 Å². The molecular formula is C10H16N2. The van der Waals surface area contributed by atoms with Crippen molar-refractivity contribution >= 4 is 0 Å². The monoisotopic (exact) mass is 164 g/mol. The highest BCUT2D eigenvalue weighted by atomic mass is 15.1. The van der Waals surface area contributed by atoms with Gasteiger partial charge in [0, 0.05) is 18.7 Å². The Balaban J connectivity index is 2.40. The molecule has 12 heavy (non-hydrogen) atoms. The average molecular weight is 164 g/mol. The zero-order valence-electron chi connectivity index (χ0n) is 8.04. The zero-order chi connectivity index (χ0) is 8.72. The minimum atomic E-state index is 0.641. The summed E-state index contributed by atoms with van der Waals surface area (Å²) < 4.78 is 2.31. The predicted octanol–water partition coefficient (Wildman–Crippen LogP) is 2.33. The van der Waals surface area contributed by atoms with Gasteiger partial charge >= 0.3 is 0 Å². The highest BCUT2D eigenvalue weighted by molar-refractivity contribution is 5.08. The lowest BCUT2D eigenvalue weighted by Crippen LogP contribution is -2.20. The van der Waals surface area contributed by atoms with Gasteiger partial charge in [0.25, 0.3) is 0 Å². The number of imidazole rings is 1. The molecular weight excluding hydrogens is 148 g/mol. The molecule has 0 N–H and O–H groups in total. The van der Waals surface area contributed by atoms with Gasteiger partial charge in [-0.2, -0.15) is 0 Å². The largest absolute Gasteiger partial charge is 0.334 e. The van der Waals surface area contributed by atoms with Crippen LogP contribution in [0.3, 0.4) is 0 Å². The number of aromatic nitrogens is 2. The number of rotatable bonds is 0. The van der Waals surface area contributed by atoms with Crippen molar-refractivity contribution in [2.75, 3.05) is 0 Å². The van der Waals surface area contributed by atoms with Crippen LogP contribution in [0.15, 0.2) is 6.20 Å². The van der Waals surface area contributed by atoms with E-state index in [2.05, 4.69) is 36.5 Å². The Kier molecular flexibility index (Phi) is 1.71. The molecule has 0 radical (unpaired) electrons. The standard InChI is InChI=1S/C10H16N2/c1-7-4-8(2)10-11-9(3)6-12(10)5-7/h6-8H,4-5H2,1-3H3. The van der Waals surface area contributed by atoms with E-state index >= 15 is 0 Å². The fraction of sp³-hybridized carbons (Fsp3) is 0.700. The molecule has 0 aliphatic carbocycles. The van der Waals surface area contributed by atoms with Crippen molar-refractivity contribution in [1.29, 1.82) is 0 Å². The maximum atomic E-state index is 4.53. The van der Waals surface area contributed by atoms with Crippen molar-refractivity contribution in [3.63, 3.8) is 0 Å².